The van der Waals surface area contributed by atoms with Crippen LogP contribution in [-0.2, 0) is 17.8 Å². The molecule has 3 N–H and O–H groups in total. The van der Waals surface area contributed by atoms with Gasteiger partial charge in [-0.05, 0) is 29.3 Å². The van der Waals surface area contributed by atoms with Crippen LogP contribution in [0.2, 0.25) is 0 Å². The molecule has 4 heteroatoms. The molecule has 0 spiro atoms. The Kier molecular flexibility index (Phi) is 4.60. The molecule has 2 aromatic carbocycles. The number of carbonyl (C=O) groups excluding carboxylic acids is 1. The number of anilines is 1. The molecule has 0 aliphatic carbocycles. The highest BCUT2D eigenvalue weighted by atomic mass is 16.5. The number of para-hydroxylation sites is 1. The number of benzene rings is 2. The van der Waals surface area contributed by atoms with E-state index in [4.69, 9.17) is 10.5 Å². The molecular weight excluding hydrogens is 252 g/mol. The number of ether oxygens (including phenoxy) is 1. The fourth-order valence-electron chi connectivity index (χ4n) is 2.01. The van der Waals surface area contributed by atoms with Gasteiger partial charge < -0.3 is 15.8 Å². The molecule has 104 valence electrons. The monoisotopic (exact) mass is 270 g/mol. The zero-order chi connectivity index (χ0) is 14.4. The zero-order valence-corrected chi connectivity index (χ0v) is 11.4. The van der Waals surface area contributed by atoms with Gasteiger partial charge in [-0.15, -0.1) is 0 Å². The largest absolute Gasteiger partial charge is 0.497 e. The van der Waals surface area contributed by atoms with Gasteiger partial charge in [-0.25, -0.2) is 0 Å². The van der Waals surface area contributed by atoms with Crippen molar-refractivity contribution in [1.29, 1.82) is 0 Å². The molecule has 20 heavy (non-hydrogen) atoms. The van der Waals surface area contributed by atoms with Crippen molar-refractivity contribution >= 4 is 11.6 Å². The predicted octanol–water partition coefficient (Wildman–Crippen LogP) is 2.34. The lowest BCUT2D eigenvalue weighted by Crippen LogP contribution is -2.15. The summed E-state index contributed by atoms with van der Waals surface area (Å²) in [5.41, 5.74) is 8.20. The van der Waals surface area contributed by atoms with E-state index < -0.39 is 0 Å². The molecule has 0 aliphatic rings. The Bertz CT molecular complexity index is 597. The van der Waals surface area contributed by atoms with Gasteiger partial charge in [-0.2, -0.15) is 0 Å². The molecule has 0 atom stereocenters. The summed E-state index contributed by atoms with van der Waals surface area (Å²) < 4.78 is 5.19. The minimum Gasteiger partial charge on any atom is -0.497 e. The molecule has 0 aliphatic heterocycles. The maximum atomic E-state index is 11.1. The highest BCUT2D eigenvalue weighted by Gasteiger charge is 2.05. The summed E-state index contributed by atoms with van der Waals surface area (Å²) in [6.07, 6.45) is 0.237. The average molecular weight is 270 g/mol. The maximum Gasteiger partial charge on any atom is 0.221 e. The van der Waals surface area contributed by atoms with Gasteiger partial charge in [0.05, 0.1) is 13.5 Å². The normalized spacial score (nSPS) is 10.1. The number of methoxy groups -OCH3 is 1. The van der Waals surface area contributed by atoms with Crippen LogP contribution in [0.3, 0.4) is 0 Å². The third kappa shape index (κ3) is 3.75. The first-order valence-electron chi connectivity index (χ1n) is 6.42. The van der Waals surface area contributed by atoms with Gasteiger partial charge in [0.1, 0.15) is 5.75 Å². The third-order valence-corrected chi connectivity index (χ3v) is 3.00. The van der Waals surface area contributed by atoms with E-state index in [2.05, 4.69) is 5.32 Å². The maximum absolute atomic E-state index is 11.1. The van der Waals surface area contributed by atoms with E-state index in [9.17, 15) is 4.79 Å². The first-order chi connectivity index (χ1) is 9.69. The molecule has 0 bridgehead atoms. The van der Waals surface area contributed by atoms with Gasteiger partial charge in [0, 0.05) is 12.2 Å². The topological polar surface area (TPSA) is 64.3 Å². The van der Waals surface area contributed by atoms with Crippen LogP contribution in [0.4, 0.5) is 5.69 Å². The van der Waals surface area contributed by atoms with Gasteiger partial charge in [-0.1, -0.05) is 30.3 Å². The zero-order valence-electron chi connectivity index (χ0n) is 11.4. The number of amides is 1. The Morgan fingerprint density at radius 2 is 2.00 bits per heavy atom. The van der Waals surface area contributed by atoms with Gasteiger partial charge in [0.2, 0.25) is 5.91 Å². The van der Waals surface area contributed by atoms with Gasteiger partial charge in [0.15, 0.2) is 0 Å². The Morgan fingerprint density at radius 1 is 1.20 bits per heavy atom. The number of hydrogen-bond acceptors (Lipinski definition) is 3. The quantitative estimate of drug-likeness (QED) is 0.846. The summed E-state index contributed by atoms with van der Waals surface area (Å²) in [4.78, 5) is 11.1. The smallest absolute Gasteiger partial charge is 0.221 e. The van der Waals surface area contributed by atoms with Crippen LogP contribution in [0, 0.1) is 0 Å². The molecular formula is C16H18N2O2. The first-order valence-corrected chi connectivity index (χ1v) is 6.42. The number of nitrogens with one attached hydrogen (secondary N) is 1. The molecule has 0 saturated carbocycles. The van der Waals surface area contributed by atoms with Crippen LogP contribution in [-0.4, -0.2) is 13.0 Å². The predicted molar refractivity (Wildman–Crippen MR) is 79.7 cm³/mol. The summed E-state index contributed by atoms with van der Waals surface area (Å²) in [5, 5.41) is 3.32. The van der Waals surface area contributed by atoms with Crippen LogP contribution in [0.15, 0.2) is 48.5 Å². The van der Waals surface area contributed by atoms with Crippen molar-refractivity contribution < 1.29 is 9.53 Å². The molecule has 0 radical (unpaired) electrons. The van der Waals surface area contributed by atoms with E-state index in [-0.39, 0.29) is 12.3 Å². The number of primary amides is 1. The molecule has 0 saturated heterocycles. The van der Waals surface area contributed by atoms with E-state index in [1.807, 2.05) is 48.5 Å². The number of hydrogen-bond donors (Lipinski definition) is 2. The molecule has 0 unspecified atom stereocenters. The fourth-order valence-corrected chi connectivity index (χ4v) is 2.01. The highest BCUT2D eigenvalue weighted by molar-refractivity contribution is 5.78. The van der Waals surface area contributed by atoms with Crippen LogP contribution < -0.4 is 15.8 Å². The van der Waals surface area contributed by atoms with Crippen LogP contribution in [0.25, 0.3) is 0 Å². The highest BCUT2D eigenvalue weighted by Crippen LogP contribution is 2.18. The molecule has 2 rings (SSSR count). The SMILES string of the molecule is COc1cccc(CNc2ccccc2CC(N)=O)c1. The minimum atomic E-state index is -0.333. The molecule has 0 aromatic heterocycles. The Balaban J connectivity index is 2.08. The summed E-state index contributed by atoms with van der Waals surface area (Å²) in [7, 11) is 1.65. The van der Waals surface area contributed by atoms with Crippen molar-refractivity contribution in [3.63, 3.8) is 0 Å². The molecule has 0 fully saturated rings. The summed E-state index contributed by atoms with van der Waals surface area (Å²) in [5.74, 6) is 0.496. The second-order valence-electron chi connectivity index (χ2n) is 4.51. The van der Waals surface area contributed by atoms with Crippen molar-refractivity contribution in [2.45, 2.75) is 13.0 Å². The van der Waals surface area contributed by atoms with E-state index in [0.29, 0.717) is 6.54 Å². The van der Waals surface area contributed by atoms with Crippen molar-refractivity contribution in [3.8, 4) is 5.75 Å². The minimum absolute atomic E-state index is 0.237. The molecule has 4 nitrogen and oxygen atoms in total. The first kappa shape index (κ1) is 13.9. The number of nitrogens with two attached hydrogens (primary N) is 1. The Hall–Kier alpha value is -2.49. The molecule has 1 amide bonds. The molecule has 0 heterocycles. The lowest BCUT2D eigenvalue weighted by molar-refractivity contribution is -0.117. The summed E-state index contributed by atoms with van der Waals surface area (Å²) in [6.45, 7) is 0.660. The van der Waals surface area contributed by atoms with Crippen LogP contribution >= 0.6 is 0 Å². The second kappa shape index (κ2) is 6.61. The van der Waals surface area contributed by atoms with E-state index in [1.165, 1.54) is 0 Å². The lowest BCUT2D eigenvalue weighted by atomic mass is 10.1. The van der Waals surface area contributed by atoms with Gasteiger partial charge in [0.25, 0.3) is 0 Å². The van der Waals surface area contributed by atoms with Crippen LogP contribution in [0.5, 0.6) is 5.75 Å². The summed E-state index contributed by atoms with van der Waals surface area (Å²) >= 11 is 0. The van der Waals surface area contributed by atoms with Crippen molar-refractivity contribution in [2.24, 2.45) is 5.73 Å². The Morgan fingerprint density at radius 3 is 2.75 bits per heavy atom. The standard InChI is InChI=1S/C16H18N2O2/c1-20-14-7-4-5-12(9-14)11-18-15-8-3-2-6-13(15)10-16(17)19/h2-9,18H,10-11H2,1H3,(H2,17,19). The molecule has 2 aromatic rings. The van der Waals surface area contributed by atoms with Gasteiger partial charge >= 0.3 is 0 Å². The number of carbonyl (C=O) groups is 1. The summed E-state index contributed by atoms with van der Waals surface area (Å²) in [6, 6.07) is 15.5. The van der Waals surface area contributed by atoms with Crippen molar-refractivity contribution in [1.82, 2.24) is 0 Å². The van der Waals surface area contributed by atoms with E-state index >= 15 is 0 Å². The lowest BCUT2D eigenvalue weighted by Gasteiger charge is -2.11. The number of rotatable bonds is 6. The van der Waals surface area contributed by atoms with E-state index in [1.54, 1.807) is 7.11 Å². The third-order valence-electron chi connectivity index (χ3n) is 3.00. The van der Waals surface area contributed by atoms with Crippen molar-refractivity contribution in [2.75, 3.05) is 12.4 Å². The van der Waals surface area contributed by atoms with E-state index in [0.717, 1.165) is 22.6 Å². The fraction of sp³-hybridized carbons (Fsp3) is 0.188. The van der Waals surface area contributed by atoms with Gasteiger partial charge in [-0.3, -0.25) is 4.79 Å². The second-order valence-corrected chi connectivity index (χ2v) is 4.51. The Labute approximate surface area is 118 Å². The van der Waals surface area contributed by atoms with Crippen molar-refractivity contribution in [3.05, 3.63) is 59.7 Å². The average Bonchev–Trinajstić information content (AvgIpc) is 2.46. The van der Waals surface area contributed by atoms with Crippen LogP contribution in [0.1, 0.15) is 11.1 Å².